The van der Waals surface area contributed by atoms with Crippen molar-refractivity contribution in [2.24, 2.45) is 0 Å². The van der Waals surface area contributed by atoms with Crippen LogP contribution in [0.15, 0.2) is 18.2 Å². The SMILES string of the molecule is CC(NC(=O)c1ccc(N)cc1N)C(=O)NC1CC1. The Bertz CT molecular complexity index is 511. The number of amides is 2. The Balaban J connectivity index is 1.97. The van der Waals surface area contributed by atoms with Gasteiger partial charge in [0.05, 0.1) is 5.56 Å². The van der Waals surface area contributed by atoms with E-state index in [1.165, 1.54) is 6.07 Å². The summed E-state index contributed by atoms with van der Waals surface area (Å²) in [6.07, 6.45) is 2.02. The first-order valence-corrected chi connectivity index (χ1v) is 6.23. The molecule has 0 bridgehead atoms. The summed E-state index contributed by atoms with van der Waals surface area (Å²) in [5.74, 6) is -0.555. The molecule has 0 saturated heterocycles. The highest BCUT2D eigenvalue weighted by molar-refractivity contribution is 6.01. The maximum absolute atomic E-state index is 12.0. The van der Waals surface area contributed by atoms with Gasteiger partial charge in [-0.25, -0.2) is 0 Å². The monoisotopic (exact) mass is 262 g/mol. The number of anilines is 2. The predicted molar refractivity (Wildman–Crippen MR) is 73.4 cm³/mol. The first kappa shape index (κ1) is 13.2. The Morgan fingerprint density at radius 2 is 2.00 bits per heavy atom. The largest absolute Gasteiger partial charge is 0.399 e. The highest BCUT2D eigenvalue weighted by Gasteiger charge is 2.26. The molecule has 1 aliphatic carbocycles. The van der Waals surface area contributed by atoms with Crippen molar-refractivity contribution in [1.82, 2.24) is 10.6 Å². The molecule has 6 heteroatoms. The molecule has 1 atom stereocenters. The number of hydrogen-bond acceptors (Lipinski definition) is 4. The van der Waals surface area contributed by atoms with E-state index in [0.29, 0.717) is 16.9 Å². The average Bonchev–Trinajstić information content (AvgIpc) is 3.12. The smallest absolute Gasteiger partial charge is 0.254 e. The van der Waals surface area contributed by atoms with Crippen LogP contribution in [0.3, 0.4) is 0 Å². The van der Waals surface area contributed by atoms with Gasteiger partial charge in [-0.3, -0.25) is 9.59 Å². The molecule has 1 unspecified atom stereocenters. The zero-order valence-electron chi connectivity index (χ0n) is 10.8. The minimum atomic E-state index is -0.593. The van der Waals surface area contributed by atoms with Gasteiger partial charge in [0, 0.05) is 17.4 Å². The van der Waals surface area contributed by atoms with Crippen LogP contribution in [0.1, 0.15) is 30.1 Å². The van der Waals surface area contributed by atoms with Crippen molar-refractivity contribution in [3.8, 4) is 0 Å². The first-order valence-electron chi connectivity index (χ1n) is 6.23. The summed E-state index contributed by atoms with van der Waals surface area (Å²) in [5.41, 5.74) is 12.4. The van der Waals surface area contributed by atoms with Crippen molar-refractivity contribution in [3.63, 3.8) is 0 Å². The Hall–Kier alpha value is -2.24. The van der Waals surface area contributed by atoms with Crippen molar-refractivity contribution in [2.45, 2.75) is 31.8 Å². The minimum absolute atomic E-state index is 0.176. The predicted octanol–water partition coefficient (Wildman–Crippen LogP) is 0.248. The van der Waals surface area contributed by atoms with Crippen LogP contribution in [0, 0.1) is 0 Å². The number of benzene rings is 1. The van der Waals surface area contributed by atoms with E-state index in [1.54, 1.807) is 19.1 Å². The summed E-state index contributed by atoms with van der Waals surface area (Å²) in [6.45, 7) is 1.64. The molecule has 1 aliphatic rings. The molecule has 6 N–H and O–H groups in total. The highest BCUT2D eigenvalue weighted by Crippen LogP contribution is 2.19. The van der Waals surface area contributed by atoms with Crippen LogP contribution in [-0.4, -0.2) is 23.9 Å². The molecular weight excluding hydrogens is 244 g/mol. The van der Waals surface area contributed by atoms with Crippen molar-refractivity contribution >= 4 is 23.2 Å². The zero-order valence-corrected chi connectivity index (χ0v) is 10.8. The van der Waals surface area contributed by atoms with Gasteiger partial charge in [0.15, 0.2) is 0 Å². The highest BCUT2D eigenvalue weighted by atomic mass is 16.2. The third-order valence-corrected chi connectivity index (χ3v) is 2.98. The van der Waals surface area contributed by atoms with Gasteiger partial charge >= 0.3 is 0 Å². The number of nitrogens with one attached hydrogen (secondary N) is 2. The van der Waals surface area contributed by atoms with E-state index in [9.17, 15) is 9.59 Å². The second-order valence-electron chi connectivity index (χ2n) is 4.82. The summed E-state index contributed by atoms with van der Waals surface area (Å²) in [7, 11) is 0. The number of rotatable bonds is 4. The fourth-order valence-electron chi connectivity index (χ4n) is 1.68. The molecule has 1 aromatic rings. The summed E-state index contributed by atoms with van der Waals surface area (Å²) < 4.78 is 0. The minimum Gasteiger partial charge on any atom is -0.399 e. The van der Waals surface area contributed by atoms with Gasteiger partial charge in [-0.1, -0.05) is 0 Å². The van der Waals surface area contributed by atoms with Crippen molar-refractivity contribution < 1.29 is 9.59 Å². The van der Waals surface area contributed by atoms with Crippen LogP contribution in [0.2, 0.25) is 0 Å². The molecule has 0 heterocycles. The van der Waals surface area contributed by atoms with E-state index in [4.69, 9.17) is 11.5 Å². The van der Waals surface area contributed by atoms with Gasteiger partial charge in [-0.05, 0) is 38.0 Å². The Morgan fingerprint density at radius 1 is 1.32 bits per heavy atom. The van der Waals surface area contributed by atoms with Gasteiger partial charge in [0.25, 0.3) is 5.91 Å². The summed E-state index contributed by atoms with van der Waals surface area (Å²) >= 11 is 0. The lowest BCUT2D eigenvalue weighted by Crippen LogP contribution is -2.45. The van der Waals surface area contributed by atoms with E-state index >= 15 is 0 Å². The molecule has 2 amide bonds. The number of carbonyl (C=O) groups is 2. The third kappa shape index (κ3) is 3.37. The molecule has 0 aromatic heterocycles. The van der Waals surface area contributed by atoms with Gasteiger partial charge in [0.2, 0.25) is 5.91 Å². The molecule has 1 aromatic carbocycles. The van der Waals surface area contributed by atoms with Crippen LogP contribution in [0.25, 0.3) is 0 Å². The lowest BCUT2D eigenvalue weighted by atomic mass is 10.1. The fraction of sp³-hybridized carbons (Fsp3) is 0.385. The molecule has 102 valence electrons. The van der Waals surface area contributed by atoms with Crippen molar-refractivity contribution in [3.05, 3.63) is 23.8 Å². The average molecular weight is 262 g/mol. The lowest BCUT2D eigenvalue weighted by molar-refractivity contribution is -0.122. The van der Waals surface area contributed by atoms with Crippen molar-refractivity contribution in [2.75, 3.05) is 11.5 Å². The zero-order chi connectivity index (χ0) is 14.0. The molecule has 2 rings (SSSR count). The number of hydrogen-bond donors (Lipinski definition) is 4. The number of carbonyl (C=O) groups excluding carboxylic acids is 2. The molecule has 1 fully saturated rings. The van der Waals surface area contributed by atoms with Crippen molar-refractivity contribution in [1.29, 1.82) is 0 Å². The van der Waals surface area contributed by atoms with Gasteiger partial charge in [-0.2, -0.15) is 0 Å². The maximum Gasteiger partial charge on any atom is 0.254 e. The lowest BCUT2D eigenvalue weighted by Gasteiger charge is -2.14. The van der Waals surface area contributed by atoms with Crippen LogP contribution in [-0.2, 0) is 4.79 Å². The van der Waals surface area contributed by atoms with Crippen LogP contribution in [0.4, 0.5) is 11.4 Å². The molecule has 1 saturated carbocycles. The standard InChI is InChI=1S/C13H18N4O2/c1-7(12(18)17-9-3-4-9)16-13(19)10-5-2-8(14)6-11(10)15/h2,5-7,9H,3-4,14-15H2,1H3,(H,16,19)(H,17,18). The van der Waals surface area contributed by atoms with Gasteiger partial charge in [0.1, 0.15) is 6.04 Å². The first-order chi connectivity index (χ1) is 8.97. The summed E-state index contributed by atoms with van der Waals surface area (Å²) in [4.78, 5) is 23.7. The fourth-order valence-corrected chi connectivity index (χ4v) is 1.68. The van der Waals surface area contributed by atoms with E-state index in [1.807, 2.05) is 0 Å². The Morgan fingerprint density at radius 3 is 2.58 bits per heavy atom. The Labute approximate surface area is 111 Å². The van der Waals surface area contributed by atoms with E-state index < -0.39 is 6.04 Å². The number of nitrogens with two attached hydrogens (primary N) is 2. The number of nitrogen functional groups attached to an aromatic ring is 2. The summed E-state index contributed by atoms with van der Waals surface area (Å²) in [6, 6.07) is 4.34. The molecule has 6 nitrogen and oxygen atoms in total. The van der Waals surface area contributed by atoms with Gasteiger partial charge < -0.3 is 22.1 Å². The van der Waals surface area contributed by atoms with E-state index in [2.05, 4.69) is 10.6 Å². The van der Waals surface area contributed by atoms with Crippen LogP contribution in [0.5, 0.6) is 0 Å². The van der Waals surface area contributed by atoms with E-state index in [-0.39, 0.29) is 17.9 Å². The van der Waals surface area contributed by atoms with Gasteiger partial charge in [-0.15, -0.1) is 0 Å². The second-order valence-corrected chi connectivity index (χ2v) is 4.82. The Kier molecular flexibility index (Phi) is 3.59. The van der Waals surface area contributed by atoms with Crippen LogP contribution < -0.4 is 22.1 Å². The van der Waals surface area contributed by atoms with E-state index in [0.717, 1.165) is 12.8 Å². The topological polar surface area (TPSA) is 110 Å². The second kappa shape index (κ2) is 5.17. The molecule has 0 radical (unpaired) electrons. The van der Waals surface area contributed by atoms with Crippen LogP contribution >= 0.6 is 0 Å². The maximum atomic E-state index is 12.0. The molecule has 19 heavy (non-hydrogen) atoms. The molecule has 0 aliphatic heterocycles. The third-order valence-electron chi connectivity index (χ3n) is 2.98. The summed E-state index contributed by atoms with van der Waals surface area (Å²) in [5, 5.41) is 5.45. The normalized spacial score (nSPS) is 15.6. The molecular formula is C13H18N4O2. The quantitative estimate of drug-likeness (QED) is 0.583. The molecule has 0 spiro atoms.